The Morgan fingerprint density at radius 3 is 2.75 bits per heavy atom. The van der Waals surface area contributed by atoms with E-state index in [9.17, 15) is 4.39 Å². The Kier molecular flexibility index (Phi) is 3.44. The first-order valence-electron chi connectivity index (χ1n) is 5.87. The Balaban J connectivity index is 1.89. The largest absolute Gasteiger partial charge is 0.396 e. The highest BCUT2D eigenvalue weighted by Gasteiger charge is 2.18. The molecule has 0 saturated heterocycles. The molecule has 2 rings (SSSR count). The van der Waals surface area contributed by atoms with Crippen LogP contribution in [-0.2, 0) is 6.54 Å². The van der Waals surface area contributed by atoms with Crippen molar-refractivity contribution < 1.29 is 4.39 Å². The average molecular weight is 222 g/mol. The molecule has 1 aliphatic carbocycles. The molecule has 1 aromatic rings. The zero-order valence-electron chi connectivity index (χ0n) is 9.75. The molecule has 0 unspecified atom stereocenters. The molecule has 0 aromatic heterocycles. The summed E-state index contributed by atoms with van der Waals surface area (Å²) in [6, 6.07) is 5.07. The summed E-state index contributed by atoms with van der Waals surface area (Å²) in [6.45, 7) is 1.92. The molecule has 16 heavy (non-hydrogen) atoms. The zero-order valence-corrected chi connectivity index (χ0v) is 9.75. The lowest BCUT2D eigenvalue weighted by atomic mass is 9.85. The fourth-order valence-electron chi connectivity index (χ4n) is 2.16. The molecule has 1 aromatic carbocycles. The number of nitrogens with two attached hydrogens (primary N) is 1. The summed E-state index contributed by atoms with van der Waals surface area (Å²) in [5, 5.41) is 0. The topological polar surface area (TPSA) is 29.3 Å². The highest BCUT2D eigenvalue weighted by atomic mass is 19.1. The summed E-state index contributed by atoms with van der Waals surface area (Å²) >= 11 is 0. The quantitative estimate of drug-likeness (QED) is 0.793. The van der Waals surface area contributed by atoms with Gasteiger partial charge in [-0.1, -0.05) is 12.5 Å². The van der Waals surface area contributed by atoms with Crippen molar-refractivity contribution in [2.75, 3.05) is 19.3 Å². The van der Waals surface area contributed by atoms with Crippen molar-refractivity contribution in [2.45, 2.75) is 25.8 Å². The highest BCUT2D eigenvalue weighted by molar-refractivity contribution is 5.41. The van der Waals surface area contributed by atoms with Crippen molar-refractivity contribution in [1.29, 1.82) is 0 Å². The van der Waals surface area contributed by atoms with E-state index in [-0.39, 0.29) is 11.5 Å². The maximum atomic E-state index is 13.2. The lowest BCUT2D eigenvalue weighted by Crippen LogP contribution is -2.29. The summed E-state index contributed by atoms with van der Waals surface area (Å²) in [5.41, 5.74) is 6.66. The van der Waals surface area contributed by atoms with E-state index >= 15 is 0 Å². The number of benzene rings is 1. The number of rotatable bonds is 4. The number of nitrogens with zero attached hydrogens (tertiary/aromatic N) is 1. The van der Waals surface area contributed by atoms with Crippen molar-refractivity contribution in [3.8, 4) is 0 Å². The van der Waals surface area contributed by atoms with Crippen LogP contribution >= 0.6 is 0 Å². The Morgan fingerprint density at radius 1 is 1.44 bits per heavy atom. The number of hydrogen-bond donors (Lipinski definition) is 1. The van der Waals surface area contributed by atoms with Crippen molar-refractivity contribution in [3.05, 3.63) is 29.6 Å². The van der Waals surface area contributed by atoms with Gasteiger partial charge in [0.25, 0.3) is 0 Å². The van der Waals surface area contributed by atoms with Crippen molar-refractivity contribution in [1.82, 2.24) is 4.90 Å². The first-order valence-corrected chi connectivity index (χ1v) is 5.87. The van der Waals surface area contributed by atoms with Crippen LogP contribution in [0.25, 0.3) is 0 Å². The van der Waals surface area contributed by atoms with Gasteiger partial charge < -0.3 is 10.6 Å². The third-order valence-electron chi connectivity index (χ3n) is 3.31. The fraction of sp³-hybridized carbons (Fsp3) is 0.538. The molecular formula is C13H19FN2. The standard InChI is InChI=1S/C13H19FN2/c1-16(8-10-3-2-4-10)9-11-5-6-13(15)12(14)7-11/h5-7,10H,2-4,8-9,15H2,1H3. The molecule has 0 bridgehead atoms. The molecule has 0 heterocycles. The van der Waals surface area contributed by atoms with E-state index in [1.165, 1.54) is 25.3 Å². The van der Waals surface area contributed by atoms with E-state index in [4.69, 9.17) is 5.73 Å². The van der Waals surface area contributed by atoms with Crippen LogP contribution in [0.3, 0.4) is 0 Å². The van der Waals surface area contributed by atoms with Gasteiger partial charge in [0, 0.05) is 13.1 Å². The van der Waals surface area contributed by atoms with Gasteiger partial charge in [0.15, 0.2) is 0 Å². The molecule has 2 nitrogen and oxygen atoms in total. The summed E-state index contributed by atoms with van der Waals surface area (Å²) in [4.78, 5) is 2.26. The smallest absolute Gasteiger partial charge is 0.146 e. The molecule has 3 heteroatoms. The van der Waals surface area contributed by atoms with Crippen molar-refractivity contribution in [3.63, 3.8) is 0 Å². The maximum absolute atomic E-state index is 13.2. The van der Waals surface area contributed by atoms with Crippen molar-refractivity contribution >= 4 is 5.69 Å². The SMILES string of the molecule is CN(Cc1ccc(N)c(F)c1)CC1CCC1. The zero-order chi connectivity index (χ0) is 11.5. The molecule has 0 aliphatic heterocycles. The van der Waals surface area contributed by atoms with Gasteiger partial charge in [-0.3, -0.25) is 0 Å². The van der Waals surface area contributed by atoms with E-state index < -0.39 is 0 Å². The third kappa shape index (κ3) is 2.73. The van der Waals surface area contributed by atoms with E-state index in [0.717, 1.165) is 24.6 Å². The Morgan fingerprint density at radius 2 is 2.19 bits per heavy atom. The maximum Gasteiger partial charge on any atom is 0.146 e. The molecule has 0 amide bonds. The van der Waals surface area contributed by atoms with Crippen LogP contribution in [0.15, 0.2) is 18.2 Å². The summed E-state index contributed by atoms with van der Waals surface area (Å²) in [5.74, 6) is 0.540. The Hall–Kier alpha value is -1.09. The van der Waals surface area contributed by atoms with Gasteiger partial charge >= 0.3 is 0 Å². The van der Waals surface area contributed by atoms with Gasteiger partial charge in [-0.25, -0.2) is 4.39 Å². The van der Waals surface area contributed by atoms with Gasteiger partial charge in [0.05, 0.1) is 5.69 Å². The lowest BCUT2D eigenvalue weighted by Gasteiger charge is -2.30. The highest BCUT2D eigenvalue weighted by Crippen LogP contribution is 2.27. The van der Waals surface area contributed by atoms with Gasteiger partial charge in [-0.05, 0) is 43.5 Å². The number of nitrogen functional groups attached to an aromatic ring is 1. The molecule has 1 fully saturated rings. The second-order valence-corrected chi connectivity index (χ2v) is 4.85. The second-order valence-electron chi connectivity index (χ2n) is 4.85. The van der Waals surface area contributed by atoms with Crippen LogP contribution in [0, 0.1) is 11.7 Å². The van der Waals surface area contributed by atoms with E-state index in [2.05, 4.69) is 11.9 Å². The number of anilines is 1. The third-order valence-corrected chi connectivity index (χ3v) is 3.31. The normalized spacial score (nSPS) is 16.4. The predicted octanol–water partition coefficient (Wildman–Crippen LogP) is 2.64. The van der Waals surface area contributed by atoms with Crippen LogP contribution < -0.4 is 5.73 Å². The molecule has 0 atom stereocenters. The van der Waals surface area contributed by atoms with Crippen LogP contribution in [0.5, 0.6) is 0 Å². The fourth-order valence-corrected chi connectivity index (χ4v) is 2.16. The molecule has 88 valence electrons. The Bertz CT molecular complexity index is 361. The monoisotopic (exact) mass is 222 g/mol. The minimum absolute atomic E-state index is 0.227. The summed E-state index contributed by atoms with van der Waals surface area (Å²) in [7, 11) is 2.09. The lowest BCUT2D eigenvalue weighted by molar-refractivity contribution is 0.200. The van der Waals surface area contributed by atoms with Crippen LogP contribution in [0.2, 0.25) is 0 Å². The van der Waals surface area contributed by atoms with Gasteiger partial charge in [0.2, 0.25) is 0 Å². The molecule has 0 spiro atoms. The van der Waals surface area contributed by atoms with Crippen LogP contribution in [-0.4, -0.2) is 18.5 Å². The van der Waals surface area contributed by atoms with Crippen LogP contribution in [0.1, 0.15) is 24.8 Å². The van der Waals surface area contributed by atoms with Gasteiger partial charge in [0.1, 0.15) is 5.82 Å². The average Bonchev–Trinajstić information content (AvgIpc) is 2.18. The molecular weight excluding hydrogens is 203 g/mol. The van der Waals surface area contributed by atoms with E-state index in [1.807, 2.05) is 6.07 Å². The Labute approximate surface area is 96.2 Å². The predicted molar refractivity (Wildman–Crippen MR) is 64.5 cm³/mol. The van der Waals surface area contributed by atoms with Crippen LogP contribution in [0.4, 0.5) is 10.1 Å². The molecule has 2 N–H and O–H groups in total. The first-order chi connectivity index (χ1) is 7.65. The minimum Gasteiger partial charge on any atom is -0.396 e. The molecule has 1 saturated carbocycles. The second kappa shape index (κ2) is 4.83. The molecule has 0 radical (unpaired) electrons. The van der Waals surface area contributed by atoms with E-state index in [1.54, 1.807) is 6.07 Å². The van der Waals surface area contributed by atoms with Gasteiger partial charge in [-0.15, -0.1) is 0 Å². The summed E-state index contributed by atoms with van der Waals surface area (Å²) < 4.78 is 13.2. The number of halogens is 1. The summed E-state index contributed by atoms with van der Waals surface area (Å²) in [6.07, 6.45) is 4.07. The number of hydrogen-bond acceptors (Lipinski definition) is 2. The van der Waals surface area contributed by atoms with Crippen molar-refractivity contribution in [2.24, 2.45) is 5.92 Å². The molecule has 1 aliphatic rings. The van der Waals surface area contributed by atoms with Gasteiger partial charge in [-0.2, -0.15) is 0 Å². The minimum atomic E-state index is -0.311. The first kappa shape index (κ1) is 11.4. The van der Waals surface area contributed by atoms with E-state index in [0.29, 0.717) is 0 Å².